The van der Waals surface area contributed by atoms with Gasteiger partial charge in [-0.05, 0) is 30.2 Å². The number of nitrogens with zero attached hydrogens (tertiary/aromatic N) is 4. The fraction of sp³-hybridized carbons (Fsp3) is 0.250. The van der Waals surface area contributed by atoms with Crippen LogP contribution in [0.1, 0.15) is 12.0 Å². The second-order valence-corrected chi connectivity index (χ2v) is 5.80. The van der Waals surface area contributed by atoms with Crippen molar-refractivity contribution in [2.45, 2.75) is 12.5 Å². The maximum Gasteiger partial charge on any atom is 0.328 e. The monoisotopic (exact) mass is 345 g/mol. The second-order valence-electron chi connectivity index (χ2n) is 5.40. The van der Waals surface area contributed by atoms with Gasteiger partial charge in [0.2, 0.25) is 5.95 Å². The summed E-state index contributed by atoms with van der Waals surface area (Å²) in [6, 6.07) is 3.67. The minimum atomic E-state index is -1.01. The van der Waals surface area contributed by atoms with Crippen LogP contribution in [0.5, 0.6) is 0 Å². The summed E-state index contributed by atoms with van der Waals surface area (Å²) in [6.45, 7) is 1.63. The molecule has 3 heterocycles. The zero-order valence-electron chi connectivity index (χ0n) is 12.8. The van der Waals surface area contributed by atoms with E-state index >= 15 is 0 Å². The first kappa shape index (κ1) is 16.2. The van der Waals surface area contributed by atoms with Gasteiger partial charge in [0.25, 0.3) is 0 Å². The van der Waals surface area contributed by atoms with Crippen molar-refractivity contribution in [3.8, 4) is 0 Å². The number of anilines is 2. The highest BCUT2D eigenvalue weighted by atomic mass is 35.5. The molecule has 2 aromatic rings. The molecule has 2 N–H and O–H groups in total. The zero-order valence-corrected chi connectivity index (χ0v) is 13.5. The minimum Gasteiger partial charge on any atom is -0.478 e. The molecular formula is C16H16ClN5O2. The van der Waals surface area contributed by atoms with Gasteiger partial charge in [0, 0.05) is 43.8 Å². The Morgan fingerprint density at radius 1 is 1.38 bits per heavy atom. The number of carboxylic acid groups (broad SMARTS) is 1. The van der Waals surface area contributed by atoms with E-state index in [-0.39, 0.29) is 6.04 Å². The number of hydrogen-bond donors (Lipinski definition) is 2. The standard InChI is InChI=1S/C16H16ClN5O2/c17-13-8-11(2-3-14(23)24)9-20-15(13)21-12-4-7-22(10-12)16-18-5-1-6-19-16/h1-3,5-6,8-9,12H,4,7,10H2,(H,20,21)(H,23,24)/t12-/m1/s1. The lowest BCUT2D eigenvalue weighted by Gasteiger charge is -2.17. The predicted molar refractivity (Wildman–Crippen MR) is 92.2 cm³/mol. The van der Waals surface area contributed by atoms with Gasteiger partial charge in [0.1, 0.15) is 5.82 Å². The molecule has 1 aliphatic heterocycles. The fourth-order valence-corrected chi connectivity index (χ4v) is 2.75. The number of hydrogen-bond acceptors (Lipinski definition) is 6. The van der Waals surface area contributed by atoms with Gasteiger partial charge in [-0.2, -0.15) is 0 Å². The van der Waals surface area contributed by atoms with Crippen molar-refractivity contribution >= 4 is 35.4 Å². The SMILES string of the molecule is O=C(O)C=Cc1cnc(N[C@@H]2CCN(c3ncccn3)C2)c(Cl)c1. The number of aliphatic carboxylic acids is 1. The summed E-state index contributed by atoms with van der Waals surface area (Å²) in [5.41, 5.74) is 0.638. The van der Waals surface area contributed by atoms with Crippen molar-refractivity contribution < 1.29 is 9.90 Å². The van der Waals surface area contributed by atoms with Crippen LogP contribution in [0, 0.1) is 0 Å². The van der Waals surface area contributed by atoms with Crippen molar-refractivity contribution in [3.63, 3.8) is 0 Å². The maximum atomic E-state index is 10.5. The minimum absolute atomic E-state index is 0.194. The van der Waals surface area contributed by atoms with Crippen LogP contribution in [0.25, 0.3) is 6.08 Å². The molecule has 0 amide bonds. The molecule has 3 rings (SSSR count). The molecule has 0 saturated carbocycles. The fourth-order valence-electron chi connectivity index (χ4n) is 2.53. The number of carboxylic acids is 1. The molecule has 0 aliphatic carbocycles. The van der Waals surface area contributed by atoms with Crippen molar-refractivity contribution in [3.05, 3.63) is 47.4 Å². The molecule has 0 radical (unpaired) electrons. The highest BCUT2D eigenvalue weighted by Crippen LogP contribution is 2.24. The largest absolute Gasteiger partial charge is 0.478 e. The summed E-state index contributed by atoms with van der Waals surface area (Å²) in [4.78, 5) is 25.4. The zero-order chi connectivity index (χ0) is 16.9. The molecule has 1 fully saturated rings. The normalized spacial score (nSPS) is 17.4. The van der Waals surface area contributed by atoms with Crippen LogP contribution in [-0.2, 0) is 4.79 Å². The summed E-state index contributed by atoms with van der Waals surface area (Å²) in [6.07, 6.45) is 8.47. The first-order chi connectivity index (χ1) is 11.6. The van der Waals surface area contributed by atoms with Crippen molar-refractivity contribution in [1.29, 1.82) is 0 Å². The van der Waals surface area contributed by atoms with Gasteiger partial charge in [-0.25, -0.2) is 19.7 Å². The van der Waals surface area contributed by atoms with Crippen LogP contribution in [0.2, 0.25) is 5.02 Å². The van der Waals surface area contributed by atoms with Gasteiger partial charge >= 0.3 is 5.97 Å². The number of aromatic nitrogens is 3. The lowest BCUT2D eigenvalue weighted by molar-refractivity contribution is -0.131. The first-order valence-corrected chi connectivity index (χ1v) is 7.84. The van der Waals surface area contributed by atoms with E-state index in [0.29, 0.717) is 16.4 Å². The molecular weight excluding hydrogens is 330 g/mol. The Kier molecular flexibility index (Phi) is 4.90. The quantitative estimate of drug-likeness (QED) is 0.803. The van der Waals surface area contributed by atoms with Gasteiger partial charge in [-0.1, -0.05) is 11.6 Å². The second kappa shape index (κ2) is 7.27. The van der Waals surface area contributed by atoms with E-state index in [0.717, 1.165) is 31.5 Å². The van der Waals surface area contributed by atoms with Gasteiger partial charge in [-0.3, -0.25) is 0 Å². The summed E-state index contributed by atoms with van der Waals surface area (Å²) < 4.78 is 0. The molecule has 0 spiro atoms. The third-order valence-corrected chi connectivity index (χ3v) is 3.93. The Morgan fingerprint density at radius 2 is 2.17 bits per heavy atom. The Balaban J connectivity index is 1.63. The molecule has 8 heteroatoms. The average molecular weight is 346 g/mol. The van der Waals surface area contributed by atoms with Crippen LogP contribution >= 0.6 is 11.6 Å². The van der Waals surface area contributed by atoms with Gasteiger partial charge in [-0.15, -0.1) is 0 Å². The third kappa shape index (κ3) is 3.99. The summed E-state index contributed by atoms with van der Waals surface area (Å²) >= 11 is 6.23. The van der Waals surface area contributed by atoms with Crippen LogP contribution in [0.3, 0.4) is 0 Å². The highest BCUT2D eigenvalue weighted by Gasteiger charge is 2.24. The number of halogens is 1. The number of nitrogens with one attached hydrogen (secondary N) is 1. The first-order valence-electron chi connectivity index (χ1n) is 7.47. The Bertz CT molecular complexity index is 753. The maximum absolute atomic E-state index is 10.5. The molecule has 0 unspecified atom stereocenters. The molecule has 1 saturated heterocycles. The molecule has 7 nitrogen and oxygen atoms in total. The topological polar surface area (TPSA) is 91.2 Å². The molecule has 1 aliphatic rings. The van der Waals surface area contributed by atoms with E-state index in [4.69, 9.17) is 16.7 Å². The van der Waals surface area contributed by atoms with Crippen molar-refractivity contribution in [2.75, 3.05) is 23.3 Å². The molecule has 0 bridgehead atoms. The van der Waals surface area contributed by atoms with Gasteiger partial charge in [0.15, 0.2) is 0 Å². The van der Waals surface area contributed by atoms with Crippen LogP contribution in [-0.4, -0.2) is 45.2 Å². The Hall–Kier alpha value is -2.67. The van der Waals surface area contributed by atoms with Gasteiger partial charge < -0.3 is 15.3 Å². The number of carbonyl (C=O) groups is 1. The number of rotatable bonds is 5. The number of pyridine rings is 1. The lowest BCUT2D eigenvalue weighted by Crippen LogP contribution is -2.27. The lowest BCUT2D eigenvalue weighted by atomic mass is 10.2. The highest BCUT2D eigenvalue weighted by molar-refractivity contribution is 6.33. The molecule has 2 aromatic heterocycles. The summed E-state index contributed by atoms with van der Waals surface area (Å²) in [5, 5.41) is 12.4. The van der Waals surface area contributed by atoms with Crippen molar-refractivity contribution in [1.82, 2.24) is 15.0 Å². The van der Waals surface area contributed by atoms with Crippen LogP contribution < -0.4 is 10.2 Å². The van der Waals surface area contributed by atoms with E-state index < -0.39 is 5.97 Å². The van der Waals surface area contributed by atoms with Crippen LogP contribution in [0.15, 0.2) is 36.8 Å². The smallest absolute Gasteiger partial charge is 0.328 e. The van der Waals surface area contributed by atoms with E-state index in [1.165, 1.54) is 6.08 Å². The predicted octanol–water partition coefficient (Wildman–Crippen LogP) is 2.31. The summed E-state index contributed by atoms with van der Waals surface area (Å²) in [5.74, 6) is 0.294. The average Bonchev–Trinajstić information content (AvgIpc) is 3.04. The Morgan fingerprint density at radius 3 is 2.88 bits per heavy atom. The molecule has 1 atom stereocenters. The molecule has 0 aromatic carbocycles. The van der Waals surface area contributed by atoms with Crippen molar-refractivity contribution in [2.24, 2.45) is 0 Å². The van der Waals surface area contributed by atoms with E-state index in [1.807, 2.05) is 0 Å². The van der Waals surface area contributed by atoms with E-state index in [1.54, 1.807) is 30.7 Å². The summed E-state index contributed by atoms with van der Waals surface area (Å²) in [7, 11) is 0. The van der Waals surface area contributed by atoms with Crippen LogP contribution in [0.4, 0.5) is 11.8 Å². The molecule has 24 heavy (non-hydrogen) atoms. The Labute approximate surface area is 144 Å². The van der Waals surface area contributed by atoms with E-state index in [9.17, 15) is 4.79 Å². The molecule has 124 valence electrons. The van der Waals surface area contributed by atoms with E-state index in [2.05, 4.69) is 25.2 Å². The third-order valence-electron chi connectivity index (χ3n) is 3.64. The van der Waals surface area contributed by atoms with Gasteiger partial charge in [0.05, 0.1) is 5.02 Å².